The van der Waals surface area contributed by atoms with Gasteiger partial charge in [0.2, 0.25) is 0 Å². The largest absolute Gasteiger partial charge is 0.497 e. The molecule has 3 aromatic rings. The van der Waals surface area contributed by atoms with Crippen LogP contribution in [-0.4, -0.2) is 20.8 Å². The van der Waals surface area contributed by atoms with E-state index in [1.807, 2.05) is 36.4 Å². The number of anilines is 1. The minimum absolute atomic E-state index is 0.0143. The van der Waals surface area contributed by atoms with Gasteiger partial charge in [-0.25, -0.2) is 0 Å². The Bertz CT molecular complexity index is 997. The fraction of sp³-hybridized carbons (Fsp3) is 0.200. The van der Waals surface area contributed by atoms with Crippen molar-refractivity contribution in [3.05, 3.63) is 89.5 Å². The first-order valence-corrected chi connectivity index (χ1v) is 9.42. The lowest BCUT2D eigenvalue weighted by Gasteiger charge is -2.36. The van der Waals surface area contributed by atoms with Crippen molar-refractivity contribution in [2.24, 2.45) is 0 Å². The second-order valence-corrected chi connectivity index (χ2v) is 6.74. The van der Waals surface area contributed by atoms with Crippen molar-refractivity contribution in [2.45, 2.75) is 12.5 Å². The molecule has 0 aliphatic carbocycles. The normalized spacial score (nSPS) is 15.2. The predicted octanol–water partition coefficient (Wildman–Crippen LogP) is 4.86. The van der Waals surface area contributed by atoms with Gasteiger partial charge in [-0.2, -0.15) is 0 Å². The molecule has 0 spiro atoms. The van der Waals surface area contributed by atoms with Gasteiger partial charge in [0, 0.05) is 17.8 Å². The van der Waals surface area contributed by atoms with E-state index in [1.54, 1.807) is 14.2 Å². The number of hydrogen-bond donors (Lipinski definition) is 0. The standard InChI is InChI=1S/C25H23NO2/c1-27-22-12-7-19(8-13-22)9-16-25-24-6-4-3-5-20(24)17-18-26(25)21-10-14-23(28-2)15-11-21/h3-8,10-15,25H,17-18H2,1-2H3. The van der Waals surface area contributed by atoms with Crippen LogP contribution in [-0.2, 0) is 6.42 Å². The number of methoxy groups -OCH3 is 2. The van der Waals surface area contributed by atoms with E-state index in [1.165, 1.54) is 11.1 Å². The Hall–Kier alpha value is -3.38. The maximum Gasteiger partial charge on any atom is 0.119 e. The molecule has 1 atom stereocenters. The van der Waals surface area contributed by atoms with Crippen molar-refractivity contribution in [2.75, 3.05) is 25.7 Å². The van der Waals surface area contributed by atoms with E-state index in [9.17, 15) is 0 Å². The first kappa shape index (κ1) is 18.0. The summed E-state index contributed by atoms with van der Waals surface area (Å²) in [5.74, 6) is 8.57. The Labute approximate surface area is 166 Å². The topological polar surface area (TPSA) is 21.7 Å². The van der Waals surface area contributed by atoms with E-state index >= 15 is 0 Å². The summed E-state index contributed by atoms with van der Waals surface area (Å²) in [5.41, 5.74) is 4.80. The fourth-order valence-corrected chi connectivity index (χ4v) is 3.60. The van der Waals surface area contributed by atoms with Gasteiger partial charge >= 0.3 is 0 Å². The Morgan fingerprint density at radius 2 is 1.46 bits per heavy atom. The average molecular weight is 369 g/mol. The highest BCUT2D eigenvalue weighted by molar-refractivity contribution is 5.57. The van der Waals surface area contributed by atoms with Crippen LogP contribution in [0.4, 0.5) is 5.69 Å². The van der Waals surface area contributed by atoms with Gasteiger partial charge < -0.3 is 14.4 Å². The number of ether oxygens (including phenoxy) is 2. The van der Waals surface area contributed by atoms with Gasteiger partial charge in [-0.15, -0.1) is 0 Å². The van der Waals surface area contributed by atoms with Crippen molar-refractivity contribution in [3.63, 3.8) is 0 Å². The molecule has 0 aromatic heterocycles. The van der Waals surface area contributed by atoms with Crippen molar-refractivity contribution in [3.8, 4) is 23.3 Å². The SMILES string of the molecule is COc1ccc(C#CC2c3ccccc3CCN2c2ccc(OC)cc2)cc1. The first-order chi connectivity index (χ1) is 13.8. The quantitative estimate of drug-likeness (QED) is 0.616. The molecule has 1 unspecified atom stereocenters. The second kappa shape index (κ2) is 8.10. The smallest absolute Gasteiger partial charge is 0.119 e. The number of rotatable bonds is 3. The number of fused-ring (bicyclic) bond motifs is 1. The van der Waals surface area contributed by atoms with E-state index in [0.29, 0.717) is 0 Å². The van der Waals surface area contributed by atoms with E-state index in [-0.39, 0.29) is 6.04 Å². The van der Waals surface area contributed by atoms with Crippen LogP contribution in [0.15, 0.2) is 72.8 Å². The predicted molar refractivity (Wildman–Crippen MR) is 113 cm³/mol. The average Bonchev–Trinajstić information content (AvgIpc) is 2.77. The molecule has 3 heteroatoms. The van der Waals surface area contributed by atoms with Gasteiger partial charge in [0.1, 0.15) is 17.5 Å². The molecule has 3 aromatic carbocycles. The van der Waals surface area contributed by atoms with Crippen LogP contribution in [0.3, 0.4) is 0 Å². The lowest BCUT2D eigenvalue weighted by Crippen LogP contribution is -2.34. The molecule has 3 nitrogen and oxygen atoms in total. The molecule has 1 aliphatic rings. The minimum atomic E-state index is 0.0143. The molecule has 0 fully saturated rings. The van der Waals surface area contributed by atoms with Crippen LogP contribution in [0.25, 0.3) is 0 Å². The first-order valence-electron chi connectivity index (χ1n) is 9.42. The maximum absolute atomic E-state index is 5.31. The third kappa shape index (κ3) is 3.68. The Kier molecular flexibility index (Phi) is 5.21. The van der Waals surface area contributed by atoms with E-state index in [4.69, 9.17) is 9.47 Å². The fourth-order valence-electron chi connectivity index (χ4n) is 3.60. The lowest BCUT2D eigenvalue weighted by atomic mass is 9.92. The van der Waals surface area contributed by atoms with Crippen LogP contribution in [0, 0.1) is 11.8 Å². The van der Waals surface area contributed by atoms with E-state index in [2.05, 4.69) is 53.1 Å². The number of hydrogen-bond acceptors (Lipinski definition) is 3. The van der Waals surface area contributed by atoms with E-state index in [0.717, 1.165) is 35.7 Å². The summed E-state index contributed by atoms with van der Waals surface area (Å²) in [4.78, 5) is 2.37. The van der Waals surface area contributed by atoms with E-state index < -0.39 is 0 Å². The monoisotopic (exact) mass is 369 g/mol. The summed E-state index contributed by atoms with van der Waals surface area (Å²) >= 11 is 0. The molecule has 4 rings (SSSR count). The second-order valence-electron chi connectivity index (χ2n) is 6.74. The van der Waals surface area contributed by atoms with Gasteiger partial charge in [-0.3, -0.25) is 0 Å². The zero-order valence-electron chi connectivity index (χ0n) is 16.2. The van der Waals surface area contributed by atoms with Crippen LogP contribution < -0.4 is 14.4 Å². The highest BCUT2D eigenvalue weighted by Gasteiger charge is 2.26. The van der Waals surface area contributed by atoms with Crippen molar-refractivity contribution < 1.29 is 9.47 Å². The zero-order chi connectivity index (χ0) is 19.3. The van der Waals surface area contributed by atoms with Crippen LogP contribution in [0.5, 0.6) is 11.5 Å². The van der Waals surface area contributed by atoms with Crippen LogP contribution >= 0.6 is 0 Å². The summed E-state index contributed by atoms with van der Waals surface area (Å²) in [6.07, 6.45) is 1.02. The number of nitrogens with zero attached hydrogens (tertiary/aromatic N) is 1. The molecule has 140 valence electrons. The van der Waals surface area contributed by atoms with Gasteiger partial charge in [0.05, 0.1) is 14.2 Å². The molecule has 0 radical (unpaired) electrons. The minimum Gasteiger partial charge on any atom is -0.497 e. The highest BCUT2D eigenvalue weighted by Crippen LogP contribution is 2.34. The highest BCUT2D eigenvalue weighted by atomic mass is 16.5. The molecule has 0 N–H and O–H groups in total. The lowest BCUT2D eigenvalue weighted by molar-refractivity contribution is 0.414. The molecule has 0 saturated carbocycles. The molecule has 1 heterocycles. The van der Waals surface area contributed by atoms with Gasteiger partial charge in [0.15, 0.2) is 0 Å². The molecule has 1 aliphatic heterocycles. The van der Waals surface area contributed by atoms with Crippen molar-refractivity contribution in [1.29, 1.82) is 0 Å². The molecular formula is C25H23NO2. The third-order valence-corrected chi connectivity index (χ3v) is 5.13. The summed E-state index contributed by atoms with van der Waals surface area (Å²) in [5, 5.41) is 0. The summed E-state index contributed by atoms with van der Waals surface area (Å²) in [7, 11) is 3.36. The Balaban J connectivity index is 1.70. The Morgan fingerprint density at radius 3 is 2.14 bits per heavy atom. The zero-order valence-corrected chi connectivity index (χ0v) is 16.2. The van der Waals surface area contributed by atoms with Gasteiger partial charge in [-0.05, 0) is 66.1 Å². The summed E-state index contributed by atoms with van der Waals surface area (Å²) in [6.45, 7) is 0.936. The van der Waals surface area contributed by atoms with Crippen LogP contribution in [0.1, 0.15) is 22.7 Å². The molecule has 0 bridgehead atoms. The maximum atomic E-state index is 5.31. The van der Waals surface area contributed by atoms with Crippen molar-refractivity contribution >= 4 is 5.69 Å². The molecular weight excluding hydrogens is 346 g/mol. The molecule has 0 amide bonds. The number of benzene rings is 3. The third-order valence-electron chi connectivity index (χ3n) is 5.13. The van der Waals surface area contributed by atoms with Crippen LogP contribution in [0.2, 0.25) is 0 Å². The molecule has 0 saturated heterocycles. The van der Waals surface area contributed by atoms with Gasteiger partial charge in [-0.1, -0.05) is 36.1 Å². The Morgan fingerprint density at radius 1 is 0.821 bits per heavy atom. The van der Waals surface area contributed by atoms with Gasteiger partial charge in [0.25, 0.3) is 0 Å². The molecule has 28 heavy (non-hydrogen) atoms. The van der Waals surface area contributed by atoms with Crippen molar-refractivity contribution in [1.82, 2.24) is 0 Å². The summed E-state index contributed by atoms with van der Waals surface area (Å²) in [6, 6.07) is 24.7. The summed E-state index contributed by atoms with van der Waals surface area (Å²) < 4.78 is 10.5.